The van der Waals surface area contributed by atoms with E-state index in [4.69, 9.17) is 0 Å². The van der Waals surface area contributed by atoms with Gasteiger partial charge in [0, 0.05) is 16.8 Å². The molecule has 0 spiro atoms. The van der Waals surface area contributed by atoms with Crippen molar-refractivity contribution >= 4 is 32.4 Å². The summed E-state index contributed by atoms with van der Waals surface area (Å²) in [7, 11) is -0.807. The van der Waals surface area contributed by atoms with Crippen LogP contribution in [0.2, 0.25) is 0 Å². The SMILES string of the molecule is O=S1CCNc2cc(Br)ccc21. The lowest BCUT2D eigenvalue weighted by atomic mass is 10.3. The van der Waals surface area contributed by atoms with E-state index in [2.05, 4.69) is 21.2 Å². The highest BCUT2D eigenvalue weighted by atomic mass is 79.9. The average molecular weight is 246 g/mol. The van der Waals surface area contributed by atoms with Crippen LogP contribution in [0.4, 0.5) is 5.69 Å². The third-order valence-electron chi connectivity index (χ3n) is 1.79. The molecule has 1 heterocycles. The van der Waals surface area contributed by atoms with E-state index in [0.29, 0.717) is 5.75 Å². The number of benzene rings is 1. The second-order valence-electron chi connectivity index (χ2n) is 2.62. The highest BCUT2D eigenvalue weighted by Crippen LogP contribution is 2.26. The highest BCUT2D eigenvalue weighted by molar-refractivity contribution is 9.10. The summed E-state index contributed by atoms with van der Waals surface area (Å²) >= 11 is 3.37. The Bertz CT molecular complexity index is 340. The average Bonchev–Trinajstić information content (AvgIpc) is 2.04. The fourth-order valence-electron chi connectivity index (χ4n) is 1.23. The first-order valence-corrected chi connectivity index (χ1v) is 5.80. The van der Waals surface area contributed by atoms with Gasteiger partial charge in [0.05, 0.1) is 21.4 Å². The Morgan fingerprint density at radius 1 is 1.50 bits per heavy atom. The van der Waals surface area contributed by atoms with Gasteiger partial charge in [-0.15, -0.1) is 0 Å². The number of hydrogen-bond donors (Lipinski definition) is 1. The molecule has 1 aliphatic heterocycles. The van der Waals surface area contributed by atoms with Crippen LogP contribution in [0.25, 0.3) is 0 Å². The molecule has 1 aromatic rings. The summed E-state index contributed by atoms with van der Waals surface area (Å²) in [5, 5.41) is 3.21. The van der Waals surface area contributed by atoms with Gasteiger partial charge < -0.3 is 5.32 Å². The predicted molar refractivity (Wildman–Crippen MR) is 53.9 cm³/mol. The van der Waals surface area contributed by atoms with Gasteiger partial charge >= 0.3 is 0 Å². The lowest BCUT2D eigenvalue weighted by Crippen LogP contribution is -2.18. The van der Waals surface area contributed by atoms with Crippen molar-refractivity contribution in [3.05, 3.63) is 22.7 Å². The van der Waals surface area contributed by atoms with Crippen LogP contribution in [0.3, 0.4) is 0 Å². The minimum absolute atomic E-state index is 0.717. The first kappa shape index (κ1) is 8.26. The van der Waals surface area contributed by atoms with Gasteiger partial charge in [-0.2, -0.15) is 0 Å². The lowest BCUT2D eigenvalue weighted by Gasteiger charge is -2.17. The van der Waals surface area contributed by atoms with Crippen molar-refractivity contribution in [2.75, 3.05) is 17.6 Å². The molecule has 0 aromatic heterocycles. The molecule has 1 unspecified atom stereocenters. The van der Waals surface area contributed by atoms with Gasteiger partial charge in [0.25, 0.3) is 0 Å². The molecule has 4 heteroatoms. The van der Waals surface area contributed by atoms with Crippen molar-refractivity contribution in [2.45, 2.75) is 4.90 Å². The standard InChI is InChI=1S/C8H8BrNOS/c9-6-1-2-8-7(5-6)10-3-4-12(8)11/h1-2,5,10H,3-4H2. The molecule has 1 N–H and O–H groups in total. The Morgan fingerprint density at radius 3 is 3.17 bits per heavy atom. The van der Waals surface area contributed by atoms with Crippen molar-refractivity contribution in [1.82, 2.24) is 0 Å². The molecule has 0 bridgehead atoms. The second kappa shape index (κ2) is 3.18. The van der Waals surface area contributed by atoms with E-state index in [1.165, 1.54) is 0 Å². The van der Waals surface area contributed by atoms with Crippen LogP contribution in [0.15, 0.2) is 27.6 Å². The van der Waals surface area contributed by atoms with E-state index in [1.807, 2.05) is 18.2 Å². The van der Waals surface area contributed by atoms with Crippen LogP contribution < -0.4 is 5.32 Å². The molecule has 1 aromatic carbocycles. The second-order valence-corrected chi connectivity index (χ2v) is 5.07. The number of fused-ring (bicyclic) bond motifs is 1. The van der Waals surface area contributed by atoms with Crippen LogP contribution in [-0.4, -0.2) is 16.5 Å². The van der Waals surface area contributed by atoms with Gasteiger partial charge in [-0.05, 0) is 18.2 Å². The summed E-state index contributed by atoms with van der Waals surface area (Å²) in [4.78, 5) is 0.921. The van der Waals surface area contributed by atoms with Gasteiger partial charge in [0.15, 0.2) is 0 Å². The van der Waals surface area contributed by atoms with Gasteiger partial charge in [0.2, 0.25) is 0 Å². The summed E-state index contributed by atoms with van der Waals surface area (Å²) < 4.78 is 12.5. The smallest absolute Gasteiger partial charge is 0.0620 e. The maximum atomic E-state index is 11.5. The largest absolute Gasteiger partial charge is 0.383 e. The zero-order valence-electron chi connectivity index (χ0n) is 6.34. The van der Waals surface area contributed by atoms with E-state index in [9.17, 15) is 4.21 Å². The first-order chi connectivity index (χ1) is 5.77. The minimum Gasteiger partial charge on any atom is -0.383 e. The number of hydrogen-bond acceptors (Lipinski definition) is 2. The summed E-state index contributed by atoms with van der Waals surface area (Å²) in [5.41, 5.74) is 0.994. The van der Waals surface area contributed by atoms with Gasteiger partial charge in [0.1, 0.15) is 0 Å². The molecule has 0 aliphatic carbocycles. The third kappa shape index (κ3) is 1.41. The molecule has 0 saturated carbocycles. The first-order valence-electron chi connectivity index (χ1n) is 3.69. The van der Waals surface area contributed by atoms with Crippen molar-refractivity contribution < 1.29 is 4.21 Å². The van der Waals surface area contributed by atoms with Crippen molar-refractivity contribution in [3.63, 3.8) is 0 Å². The van der Waals surface area contributed by atoms with Crippen molar-refractivity contribution in [2.24, 2.45) is 0 Å². The summed E-state index contributed by atoms with van der Waals surface area (Å²) in [6.45, 7) is 0.802. The topological polar surface area (TPSA) is 29.1 Å². The predicted octanol–water partition coefficient (Wildman–Crippen LogP) is 1.98. The Labute approximate surface area is 81.9 Å². The monoisotopic (exact) mass is 245 g/mol. The molecule has 1 atom stereocenters. The number of rotatable bonds is 0. The van der Waals surface area contributed by atoms with Crippen LogP contribution in [0.1, 0.15) is 0 Å². The Kier molecular flexibility index (Phi) is 2.19. The number of nitrogens with one attached hydrogen (secondary N) is 1. The van der Waals surface area contributed by atoms with E-state index in [0.717, 1.165) is 21.6 Å². The fourth-order valence-corrected chi connectivity index (χ4v) is 2.69. The third-order valence-corrected chi connectivity index (χ3v) is 3.70. The van der Waals surface area contributed by atoms with Crippen LogP contribution >= 0.6 is 15.9 Å². The van der Waals surface area contributed by atoms with Crippen molar-refractivity contribution in [3.8, 4) is 0 Å². The molecule has 0 amide bonds. The molecule has 12 heavy (non-hydrogen) atoms. The van der Waals surface area contributed by atoms with E-state index >= 15 is 0 Å². The van der Waals surface area contributed by atoms with E-state index in [-0.39, 0.29) is 0 Å². The Balaban J connectivity index is 2.53. The van der Waals surface area contributed by atoms with E-state index < -0.39 is 10.8 Å². The fraction of sp³-hybridized carbons (Fsp3) is 0.250. The zero-order valence-corrected chi connectivity index (χ0v) is 8.74. The molecular formula is C8H8BrNOS. The molecule has 0 fully saturated rings. The summed E-state index contributed by atoms with van der Waals surface area (Å²) in [6.07, 6.45) is 0. The number of halogens is 1. The van der Waals surface area contributed by atoms with Crippen LogP contribution in [0.5, 0.6) is 0 Å². The molecule has 0 saturated heterocycles. The molecular weight excluding hydrogens is 238 g/mol. The molecule has 1 aliphatic rings. The van der Waals surface area contributed by atoms with Gasteiger partial charge in [-0.1, -0.05) is 15.9 Å². The molecule has 0 radical (unpaired) electrons. The van der Waals surface area contributed by atoms with Crippen LogP contribution in [0, 0.1) is 0 Å². The Hall–Kier alpha value is -0.350. The minimum atomic E-state index is -0.807. The maximum Gasteiger partial charge on any atom is 0.0620 e. The van der Waals surface area contributed by atoms with E-state index in [1.54, 1.807) is 0 Å². The van der Waals surface area contributed by atoms with Gasteiger partial charge in [-0.3, -0.25) is 4.21 Å². The van der Waals surface area contributed by atoms with Gasteiger partial charge in [-0.25, -0.2) is 0 Å². The quantitative estimate of drug-likeness (QED) is 0.758. The molecule has 2 rings (SSSR count). The molecule has 64 valence electrons. The lowest BCUT2D eigenvalue weighted by molar-refractivity contribution is 0.682. The number of anilines is 1. The summed E-state index contributed by atoms with van der Waals surface area (Å²) in [5.74, 6) is 0.717. The van der Waals surface area contributed by atoms with Crippen molar-refractivity contribution in [1.29, 1.82) is 0 Å². The van der Waals surface area contributed by atoms with Crippen LogP contribution in [-0.2, 0) is 10.8 Å². The zero-order chi connectivity index (χ0) is 8.55. The molecule has 2 nitrogen and oxygen atoms in total. The normalized spacial score (nSPS) is 21.2. The highest BCUT2D eigenvalue weighted by Gasteiger charge is 2.14. The summed E-state index contributed by atoms with van der Waals surface area (Å²) in [6, 6.07) is 5.79. The maximum absolute atomic E-state index is 11.5. The Morgan fingerprint density at radius 2 is 2.33 bits per heavy atom.